The lowest BCUT2D eigenvalue weighted by Crippen LogP contribution is -2.38. The summed E-state index contributed by atoms with van der Waals surface area (Å²) in [6.45, 7) is 7.29. The van der Waals surface area contributed by atoms with Crippen molar-refractivity contribution in [3.63, 3.8) is 0 Å². The number of aryl methyl sites for hydroxylation is 1. The van der Waals surface area contributed by atoms with Gasteiger partial charge in [-0.25, -0.2) is 0 Å². The standard InChI is InChI=1S/C23H24N4O3/c1-16-2-4-22-20(12-16)25-23(28)19-13-17(3-5-21(19)30-22)18-14-24-27(15-18)7-6-26-8-10-29-11-9-26/h2-5,12-15H,6-11H2,1H3,(H,25,28). The number of ether oxygens (including phenoxy) is 2. The Balaban J connectivity index is 1.35. The van der Waals surface area contributed by atoms with Crippen LogP contribution < -0.4 is 10.1 Å². The molecule has 1 N–H and O–H groups in total. The van der Waals surface area contributed by atoms with Gasteiger partial charge in [0.25, 0.3) is 5.91 Å². The van der Waals surface area contributed by atoms with Crippen molar-refractivity contribution >= 4 is 11.6 Å². The van der Waals surface area contributed by atoms with E-state index in [4.69, 9.17) is 9.47 Å². The molecule has 2 aliphatic rings. The van der Waals surface area contributed by atoms with E-state index in [1.165, 1.54) is 0 Å². The molecular formula is C23H24N4O3. The topological polar surface area (TPSA) is 68.6 Å². The Morgan fingerprint density at radius 1 is 1.03 bits per heavy atom. The average molecular weight is 404 g/mol. The third-order valence-corrected chi connectivity index (χ3v) is 5.54. The van der Waals surface area contributed by atoms with Crippen molar-refractivity contribution in [3.05, 3.63) is 59.9 Å². The van der Waals surface area contributed by atoms with Gasteiger partial charge in [0.05, 0.1) is 37.2 Å². The quantitative estimate of drug-likeness (QED) is 0.720. The lowest BCUT2D eigenvalue weighted by molar-refractivity contribution is 0.0360. The van der Waals surface area contributed by atoms with Crippen molar-refractivity contribution in [3.8, 4) is 22.6 Å². The van der Waals surface area contributed by atoms with Crippen LogP contribution in [0.25, 0.3) is 11.1 Å². The van der Waals surface area contributed by atoms with E-state index in [0.717, 1.165) is 56.1 Å². The smallest absolute Gasteiger partial charge is 0.259 e. The minimum atomic E-state index is -0.170. The van der Waals surface area contributed by atoms with Gasteiger partial charge in [0.2, 0.25) is 0 Å². The molecule has 2 aliphatic heterocycles. The molecule has 7 nitrogen and oxygen atoms in total. The van der Waals surface area contributed by atoms with E-state index in [0.29, 0.717) is 22.7 Å². The SMILES string of the molecule is Cc1ccc2c(c1)NC(=O)c1cc(-c3cnn(CCN4CCOCC4)c3)ccc1O2. The molecule has 1 amide bonds. The van der Waals surface area contributed by atoms with Crippen LogP contribution >= 0.6 is 0 Å². The predicted molar refractivity (Wildman–Crippen MR) is 114 cm³/mol. The highest BCUT2D eigenvalue weighted by atomic mass is 16.5. The third kappa shape index (κ3) is 3.81. The molecule has 1 fully saturated rings. The maximum Gasteiger partial charge on any atom is 0.259 e. The molecule has 1 aromatic heterocycles. The van der Waals surface area contributed by atoms with E-state index < -0.39 is 0 Å². The van der Waals surface area contributed by atoms with Crippen LogP contribution in [0.2, 0.25) is 0 Å². The second kappa shape index (κ2) is 7.93. The van der Waals surface area contributed by atoms with Gasteiger partial charge in [0, 0.05) is 31.4 Å². The summed E-state index contributed by atoms with van der Waals surface area (Å²) in [5.74, 6) is 1.03. The van der Waals surface area contributed by atoms with E-state index >= 15 is 0 Å². The number of benzene rings is 2. The van der Waals surface area contributed by atoms with E-state index in [1.54, 1.807) is 0 Å². The lowest BCUT2D eigenvalue weighted by atomic mass is 10.0. The zero-order valence-corrected chi connectivity index (χ0v) is 16.9. The van der Waals surface area contributed by atoms with Gasteiger partial charge in [0.15, 0.2) is 5.75 Å². The molecule has 0 saturated carbocycles. The molecule has 2 aromatic carbocycles. The van der Waals surface area contributed by atoms with Crippen molar-refractivity contribution < 1.29 is 14.3 Å². The number of hydrogen-bond donors (Lipinski definition) is 1. The normalized spacial score (nSPS) is 16.2. The summed E-state index contributed by atoms with van der Waals surface area (Å²) in [6.07, 6.45) is 3.87. The van der Waals surface area contributed by atoms with Gasteiger partial charge in [-0.3, -0.25) is 14.4 Å². The Morgan fingerprint density at radius 3 is 2.73 bits per heavy atom. The van der Waals surface area contributed by atoms with Crippen molar-refractivity contribution in [2.24, 2.45) is 0 Å². The Hall–Kier alpha value is -3.16. The molecule has 5 rings (SSSR count). The molecule has 7 heteroatoms. The summed E-state index contributed by atoms with van der Waals surface area (Å²) in [7, 11) is 0. The second-order valence-electron chi connectivity index (χ2n) is 7.71. The zero-order chi connectivity index (χ0) is 20.5. The number of rotatable bonds is 4. The molecule has 1 saturated heterocycles. The van der Waals surface area contributed by atoms with Crippen LogP contribution in [-0.4, -0.2) is 53.4 Å². The maximum atomic E-state index is 12.8. The first kappa shape index (κ1) is 18.8. The van der Waals surface area contributed by atoms with E-state index in [-0.39, 0.29) is 5.91 Å². The fourth-order valence-electron chi connectivity index (χ4n) is 3.82. The molecule has 0 atom stereocenters. The van der Waals surface area contributed by atoms with E-state index in [2.05, 4.69) is 15.3 Å². The van der Waals surface area contributed by atoms with Crippen molar-refractivity contribution in [1.82, 2.24) is 14.7 Å². The number of hydrogen-bond acceptors (Lipinski definition) is 5. The third-order valence-electron chi connectivity index (χ3n) is 5.54. The van der Waals surface area contributed by atoms with Gasteiger partial charge in [-0.1, -0.05) is 12.1 Å². The summed E-state index contributed by atoms with van der Waals surface area (Å²) in [5.41, 5.74) is 4.18. The molecular weight excluding hydrogens is 380 g/mol. The van der Waals surface area contributed by atoms with Crippen LogP contribution in [0.3, 0.4) is 0 Å². The van der Waals surface area contributed by atoms with Gasteiger partial charge in [-0.05, 0) is 42.3 Å². The molecule has 0 bridgehead atoms. The molecule has 0 radical (unpaired) electrons. The van der Waals surface area contributed by atoms with E-state index in [1.807, 2.05) is 60.4 Å². The van der Waals surface area contributed by atoms with Gasteiger partial charge in [-0.2, -0.15) is 5.10 Å². The molecule has 0 unspecified atom stereocenters. The van der Waals surface area contributed by atoms with Gasteiger partial charge < -0.3 is 14.8 Å². The first-order chi connectivity index (χ1) is 14.7. The average Bonchev–Trinajstić information content (AvgIpc) is 3.19. The molecule has 3 aromatic rings. The number of nitrogens with zero attached hydrogens (tertiary/aromatic N) is 3. The molecule has 154 valence electrons. The monoisotopic (exact) mass is 404 g/mol. The number of amides is 1. The Kier molecular flexibility index (Phi) is 4.98. The molecule has 30 heavy (non-hydrogen) atoms. The summed E-state index contributed by atoms with van der Waals surface area (Å²) in [6, 6.07) is 11.5. The number of aromatic nitrogens is 2. The van der Waals surface area contributed by atoms with Crippen molar-refractivity contribution in [2.75, 3.05) is 38.2 Å². The summed E-state index contributed by atoms with van der Waals surface area (Å²) >= 11 is 0. The van der Waals surface area contributed by atoms with Crippen LogP contribution in [0.4, 0.5) is 5.69 Å². The van der Waals surface area contributed by atoms with Crippen LogP contribution in [0.15, 0.2) is 48.8 Å². The first-order valence-corrected chi connectivity index (χ1v) is 10.2. The highest BCUT2D eigenvalue weighted by Crippen LogP contribution is 2.37. The van der Waals surface area contributed by atoms with Crippen LogP contribution in [0.1, 0.15) is 15.9 Å². The lowest BCUT2D eigenvalue weighted by Gasteiger charge is -2.26. The second-order valence-corrected chi connectivity index (χ2v) is 7.71. The first-order valence-electron chi connectivity index (χ1n) is 10.2. The maximum absolute atomic E-state index is 12.8. The number of carbonyl (C=O) groups excluding carboxylic acids is 1. The fourth-order valence-corrected chi connectivity index (χ4v) is 3.82. The van der Waals surface area contributed by atoms with Gasteiger partial charge in [0.1, 0.15) is 5.75 Å². The number of nitrogens with one attached hydrogen (secondary N) is 1. The number of morpholine rings is 1. The molecule has 0 aliphatic carbocycles. The number of fused-ring (bicyclic) bond motifs is 2. The number of anilines is 1. The predicted octanol–water partition coefficient (Wildman–Crippen LogP) is 3.55. The highest BCUT2D eigenvalue weighted by molar-refractivity contribution is 6.08. The van der Waals surface area contributed by atoms with Gasteiger partial charge >= 0.3 is 0 Å². The van der Waals surface area contributed by atoms with Crippen LogP contribution in [0.5, 0.6) is 11.5 Å². The highest BCUT2D eigenvalue weighted by Gasteiger charge is 2.22. The Labute approximate surface area is 175 Å². The Morgan fingerprint density at radius 2 is 1.87 bits per heavy atom. The van der Waals surface area contributed by atoms with Crippen LogP contribution in [0, 0.1) is 6.92 Å². The minimum Gasteiger partial charge on any atom is -0.454 e. The summed E-state index contributed by atoms with van der Waals surface area (Å²) in [4.78, 5) is 15.2. The largest absolute Gasteiger partial charge is 0.454 e. The van der Waals surface area contributed by atoms with Crippen molar-refractivity contribution in [2.45, 2.75) is 13.5 Å². The molecule has 3 heterocycles. The number of carbonyl (C=O) groups is 1. The molecule has 0 spiro atoms. The fraction of sp³-hybridized carbons (Fsp3) is 0.304. The summed E-state index contributed by atoms with van der Waals surface area (Å²) in [5, 5.41) is 7.46. The van der Waals surface area contributed by atoms with E-state index in [9.17, 15) is 4.79 Å². The Bertz CT molecular complexity index is 1090. The summed E-state index contributed by atoms with van der Waals surface area (Å²) < 4.78 is 13.4. The minimum absolute atomic E-state index is 0.170. The zero-order valence-electron chi connectivity index (χ0n) is 16.9. The van der Waals surface area contributed by atoms with Crippen LogP contribution in [-0.2, 0) is 11.3 Å². The van der Waals surface area contributed by atoms with Gasteiger partial charge in [-0.15, -0.1) is 0 Å². The van der Waals surface area contributed by atoms with Crippen molar-refractivity contribution in [1.29, 1.82) is 0 Å².